The summed E-state index contributed by atoms with van der Waals surface area (Å²) in [7, 11) is -7.19. The van der Waals surface area contributed by atoms with Crippen LogP contribution in [-0.2, 0) is 24.7 Å². The van der Waals surface area contributed by atoms with Gasteiger partial charge < -0.3 is 5.32 Å². The zero-order valence-electron chi connectivity index (χ0n) is 13.4. The molecule has 1 amide bonds. The fraction of sp³-hybridized carbons (Fsp3) is 0.500. The van der Waals surface area contributed by atoms with Crippen molar-refractivity contribution in [2.24, 2.45) is 0 Å². The van der Waals surface area contributed by atoms with E-state index in [2.05, 4.69) is 5.32 Å². The van der Waals surface area contributed by atoms with E-state index in [9.17, 15) is 26.0 Å². The van der Waals surface area contributed by atoms with Crippen LogP contribution in [0.5, 0.6) is 0 Å². The second-order valence-electron chi connectivity index (χ2n) is 5.67. The zero-order chi connectivity index (χ0) is 18.8. The number of rotatable bonds is 6. The Kier molecular flexibility index (Phi) is 6.08. The Morgan fingerprint density at radius 3 is 2.64 bits per heavy atom. The lowest BCUT2D eigenvalue weighted by atomic mass is 10.2. The van der Waals surface area contributed by atoms with Crippen molar-refractivity contribution in [3.63, 3.8) is 0 Å². The fourth-order valence-electron chi connectivity index (χ4n) is 2.50. The number of amides is 1. The molecule has 1 atom stereocenters. The van der Waals surface area contributed by atoms with Gasteiger partial charge in [-0.05, 0) is 24.6 Å². The lowest BCUT2D eigenvalue weighted by Gasteiger charge is -2.21. The van der Waals surface area contributed by atoms with Gasteiger partial charge in [0, 0.05) is 12.6 Å². The predicted molar refractivity (Wildman–Crippen MR) is 91.0 cm³/mol. The molecule has 1 fully saturated rings. The van der Waals surface area contributed by atoms with Crippen molar-refractivity contribution in [2.75, 3.05) is 24.6 Å². The van der Waals surface area contributed by atoms with Crippen LogP contribution in [0.25, 0.3) is 0 Å². The number of carbonyl (C=O) groups is 1. The van der Waals surface area contributed by atoms with Crippen LogP contribution in [0.4, 0.5) is 4.39 Å². The fourth-order valence-corrected chi connectivity index (χ4v) is 5.85. The van der Waals surface area contributed by atoms with Crippen LogP contribution in [-0.4, -0.2) is 57.7 Å². The Balaban J connectivity index is 2.10. The third-order valence-corrected chi connectivity index (χ3v) is 7.77. The number of sulfonamides is 1. The van der Waals surface area contributed by atoms with Gasteiger partial charge in [0.1, 0.15) is 5.82 Å². The quantitative estimate of drug-likeness (QED) is 0.744. The van der Waals surface area contributed by atoms with E-state index < -0.39 is 44.2 Å². The molecule has 0 aliphatic carbocycles. The van der Waals surface area contributed by atoms with Gasteiger partial charge in [0.15, 0.2) is 9.84 Å². The van der Waals surface area contributed by atoms with E-state index in [-0.39, 0.29) is 28.0 Å². The van der Waals surface area contributed by atoms with Crippen molar-refractivity contribution in [3.05, 3.63) is 29.0 Å². The maximum Gasteiger partial charge on any atom is 0.243 e. The van der Waals surface area contributed by atoms with E-state index in [1.807, 2.05) is 0 Å². The number of sulfone groups is 1. The third kappa shape index (κ3) is 4.90. The van der Waals surface area contributed by atoms with Gasteiger partial charge in [-0.25, -0.2) is 21.2 Å². The molecule has 140 valence electrons. The molecule has 11 heteroatoms. The van der Waals surface area contributed by atoms with Crippen molar-refractivity contribution in [1.82, 2.24) is 9.62 Å². The van der Waals surface area contributed by atoms with E-state index in [1.165, 1.54) is 0 Å². The third-order valence-electron chi connectivity index (χ3n) is 3.80. The molecule has 1 aromatic rings. The van der Waals surface area contributed by atoms with Crippen LogP contribution in [0.1, 0.15) is 13.3 Å². The van der Waals surface area contributed by atoms with Crippen molar-refractivity contribution in [2.45, 2.75) is 24.3 Å². The minimum absolute atomic E-state index is 0.00180. The molecule has 0 unspecified atom stereocenters. The number of hydrogen-bond acceptors (Lipinski definition) is 5. The smallest absolute Gasteiger partial charge is 0.243 e. The summed E-state index contributed by atoms with van der Waals surface area (Å²) < 4.78 is 62.1. The molecular weight excluding hydrogens is 395 g/mol. The van der Waals surface area contributed by atoms with Crippen LogP contribution < -0.4 is 5.32 Å². The highest BCUT2D eigenvalue weighted by Gasteiger charge is 2.31. The molecule has 1 aliphatic rings. The summed E-state index contributed by atoms with van der Waals surface area (Å²) in [5.41, 5.74) is 0. The number of benzene rings is 1. The summed E-state index contributed by atoms with van der Waals surface area (Å²) in [6.07, 6.45) is 0.306. The molecule has 0 aromatic heterocycles. The number of nitrogens with one attached hydrogen (secondary N) is 1. The SMILES string of the molecule is CCN(CC(=O)N[C@@H]1CCS(=O)(=O)C1)S(=O)(=O)c1ccc(F)c(Cl)c1. The Bertz CT molecular complexity index is 873. The topological polar surface area (TPSA) is 101 Å². The van der Waals surface area contributed by atoms with Crippen LogP contribution in [0.15, 0.2) is 23.1 Å². The number of hydrogen-bond donors (Lipinski definition) is 1. The summed E-state index contributed by atoms with van der Waals surface area (Å²) >= 11 is 5.62. The Morgan fingerprint density at radius 2 is 2.12 bits per heavy atom. The van der Waals surface area contributed by atoms with Gasteiger partial charge in [0.2, 0.25) is 15.9 Å². The van der Waals surface area contributed by atoms with E-state index in [1.54, 1.807) is 6.92 Å². The van der Waals surface area contributed by atoms with E-state index in [0.717, 1.165) is 22.5 Å². The first-order valence-corrected chi connectivity index (χ1v) is 11.1. The molecule has 0 spiro atoms. The van der Waals surface area contributed by atoms with Crippen LogP contribution in [0, 0.1) is 5.82 Å². The molecule has 7 nitrogen and oxygen atoms in total. The van der Waals surface area contributed by atoms with Gasteiger partial charge in [0.05, 0.1) is 28.0 Å². The summed E-state index contributed by atoms with van der Waals surface area (Å²) in [5.74, 6) is -1.49. The standard InChI is InChI=1S/C14H18ClFN2O5S2/c1-2-18(8-14(19)17-10-5-6-24(20,21)9-10)25(22,23)11-3-4-13(16)12(15)7-11/h3-4,7,10H,2,5-6,8-9H2,1H3,(H,17,19)/t10-/m1/s1. The molecule has 1 saturated heterocycles. The normalized spacial score (nSPS) is 19.9. The molecule has 0 saturated carbocycles. The lowest BCUT2D eigenvalue weighted by Crippen LogP contribution is -2.44. The van der Waals surface area contributed by atoms with Gasteiger partial charge in [-0.15, -0.1) is 0 Å². The summed E-state index contributed by atoms with van der Waals surface area (Å²) in [6, 6.07) is 2.47. The van der Waals surface area contributed by atoms with Gasteiger partial charge in [-0.3, -0.25) is 4.79 Å². The highest BCUT2D eigenvalue weighted by molar-refractivity contribution is 7.91. The first-order valence-electron chi connectivity index (χ1n) is 7.50. The molecule has 2 rings (SSSR count). The van der Waals surface area contributed by atoms with E-state index in [4.69, 9.17) is 11.6 Å². The van der Waals surface area contributed by atoms with Gasteiger partial charge in [-0.2, -0.15) is 4.31 Å². The molecule has 25 heavy (non-hydrogen) atoms. The van der Waals surface area contributed by atoms with Crippen LogP contribution in [0.3, 0.4) is 0 Å². The van der Waals surface area contributed by atoms with Gasteiger partial charge in [0.25, 0.3) is 0 Å². The number of likely N-dealkylation sites (N-methyl/N-ethyl adjacent to an activating group) is 1. The second-order valence-corrected chi connectivity index (χ2v) is 10.2. The van der Waals surface area contributed by atoms with Crippen molar-refractivity contribution in [3.8, 4) is 0 Å². The van der Waals surface area contributed by atoms with Crippen molar-refractivity contribution >= 4 is 37.4 Å². The minimum atomic E-state index is -4.04. The second kappa shape index (κ2) is 7.56. The van der Waals surface area contributed by atoms with E-state index in [0.29, 0.717) is 6.42 Å². The predicted octanol–water partition coefficient (Wildman–Crippen LogP) is 0.793. The van der Waals surface area contributed by atoms with Gasteiger partial charge in [-0.1, -0.05) is 18.5 Å². The summed E-state index contributed by atoms with van der Waals surface area (Å²) in [6.45, 7) is 1.09. The van der Waals surface area contributed by atoms with E-state index >= 15 is 0 Å². The zero-order valence-corrected chi connectivity index (χ0v) is 15.8. The lowest BCUT2D eigenvalue weighted by molar-refractivity contribution is -0.121. The molecule has 1 aliphatic heterocycles. The Hall–Kier alpha value is -1.23. The molecule has 0 radical (unpaired) electrons. The van der Waals surface area contributed by atoms with Crippen molar-refractivity contribution < 1.29 is 26.0 Å². The molecule has 1 heterocycles. The summed E-state index contributed by atoms with van der Waals surface area (Å²) in [5, 5.41) is 2.20. The monoisotopic (exact) mass is 412 g/mol. The largest absolute Gasteiger partial charge is 0.351 e. The molecule has 1 aromatic carbocycles. The Morgan fingerprint density at radius 1 is 1.44 bits per heavy atom. The number of nitrogens with zero attached hydrogens (tertiary/aromatic N) is 1. The van der Waals surface area contributed by atoms with Crippen LogP contribution >= 0.6 is 11.6 Å². The highest BCUT2D eigenvalue weighted by Crippen LogP contribution is 2.22. The maximum atomic E-state index is 13.2. The van der Waals surface area contributed by atoms with Crippen molar-refractivity contribution in [1.29, 1.82) is 0 Å². The first-order chi connectivity index (χ1) is 11.5. The average molecular weight is 413 g/mol. The molecular formula is C14H18ClFN2O5S2. The first kappa shape index (κ1) is 20.1. The maximum absolute atomic E-state index is 13.2. The average Bonchev–Trinajstić information content (AvgIpc) is 2.85. The summed E-state index contributed by atoms with van der Waals surface area (Å²) in [4.78, 5) is 11.9. The molecule has 0 bridgehead atoms. The number of halogens is 2. The minimum Gasteiger partial charge on any atom is -0.351 e. The van der Waals surface area contributed by atoms with Crippen LogP contribution in [0.2, 0.25) is 5.02 Å². The number of carbonyl (C=O) groups excluding carboxylic acids is 1. The van der Waals surface area contributed by atoms with Gasteiger partial charge >= 0.3 is 0 Å². The Labute approximate surface area is 151 Å². The highest BCUT2D eigenvalue weighted by atomic mass is 35.5. The molecule has 1 N–H and O–H groups in total.